The molecule has 0 bridgehead atoms. The van der Waals surface area contributed by atoms with Crippen molar-refractivity contribution in [1.29, 1.82) is 5.26 Å². The number of nitrogens with zero attached hydrogens (tertiary/aromatic N) is 1. The van der Waals surface area contributed by atoms with Crippen molar-refractivity contribution in [2.24, 2.45) is 0 Å². The van der Waals surface area contributed by atoms with Crippen LogP contribution in [0.3, 0.4) is 0 Å². The molecule has 0 saturated carbocycles. The molecule has 15 heavy (non-hydrogen) atoms. The van der Waals surface area contributed by atoms with Gasteiger partial charge in [-0.05, 0) is 23.8 Å². The molecule has 0 saturated heterocycles. The average Bonchev–Trinajstić information content (AvgIpc) is 2.18. The van der Waals surface area contributed by atoms with Crippen molar-refractivity contribution in [3.8, 4) is 6.07 Å². The Balaban J connectivity index is 3.06. The predicted molar refractivity (Wildman–Crippen MR) is 60.4 cm³/mol. The van der Waals surface area contributed by atoms with E-state index in [9.17, 15) is 4.79 Å². The third-order valence-corrected chi connectivity index (χ3v) is 2.38. The second-order valence-electron chi connectivity index (χ2n) is 3.00. The number of carbonyl (C=O) groups excluding carboxylic acids is 1. The predicted octanol–water partition coefficient (Wildman–Crippen LogP) is 3.22. The van der Waals surface area contributed by atoms with E-state index in [0.717, 1.165) is 0 Å². The molecule has 0 N–H and O–H groups in total. The minimum Gasteiger partial charge on any atom is -0.294 e. The molecule has 0 amide bonds. The number of ketones is 1. The maximum atomic E-state index is 11.6. The summed E-state index contributed by atoms with van der Waals surface area (Å²) in [5.74, 6) is 0.236. The molecule has 0 atom stereocenters. The molecular formula is C11H9Cl2NO. The van der Waals surface area contributed by atoms with Gasteiger partial charge in [0.15, 0.2) is 5.78 Å². The van der Waals surface area contributed by atoms with Crippen LogP contribution in [0.1, 0.15) is 22.3 Å². The van der Waals surface area contributed by atoms with Crippen LogP contribution < -0.4 is 0 Å². The van der Waals surface area contributed by atoms with Crippen LogP contribution in [0.25, 0.3) is 0 Å². The lowest BCUT2D eigenvalue weighted by molar-refractivity contribution is 0.0988. The van der Waals surface area contributed by atoms with Crippen LogP contribution in [0, 0.1) is 11.3 Å². The Morgan fingerprint density at radius 2 is 2.20 bits per heavy atom. The number of hydrogen-bond donors (Lipinski definition) is 0. The van der Waals surface area contributed by atoms with Gasteiger partial charge < -0.3 is 0 Å². The van der Waals surface area contributed by atoms with Gasteiger partial charge in [-0.1, -0.05) is 11.6 Å². The van der Waals surface area contributed by atoms with Crippen molar-refractivity contribution in [1.82, 2.24) is 0 Å². The van der Waals surface area contributed by atoms with Crippen molar-refractivity contribution in [2.75, 3.05) is 5.88 Å². The molecule has 0 heterocycles. The highest BCUT2D eigenvalue weighted by molar-refractivity contribution is 6.30. The molecule has 1 aromatic rings. The molecule has 0 aliphatic rings. The lowest BCUT2D eigenvalue weighted by atomic mass is 10.0. The Morgan fingerprint density at radius 3 is 2.80 bits per heavy atom. The monoisotopic (exact) mass is 241 g/mol. The Kier molecular flexibility index (Phi) is 4.61. The van der Waals surface area contributed by atoms with E-state index in [2.05, 4.69) is 0 Å². The van der Waals surface area contributed by atoms with Crippen LogP contribution >= 0.6 is 23.2 Å². The normalized spacial score (nSPS) is 9.67. The summed E-state index contributed by atoms with van der Waals surface area (Å²) in [6.45, 7) is 0. The third-order valence-electron chi connectivity index (χ3n) is 1.96. The first-order valence-electron chi connectivity index (χ1n) is 4.43. The fourth-order valence-electron chi connectivity index (χ4n) is 1.29. The Hall–Kier alpha value is -1.04. The second-order valence-corrected chi connectivity index (χ2v) is 3.81. The number of carbonyl (C=O) groups is 1. The van der Waals surface area contributed by atoms with Crippen molar-refractivity contribution in [2.45, 2.75) is 12.8 Å². The topological polar surface area (TPSA) is 40.9 Å². The summed E-state index contributed by atoms with van der Waals surface area (Å²) in [6.07, 6.45) is 0.464. The molecule has 0 fully saturated rings. The minimum atomic E-state index is -0.0492. The van der Waals surface area contributed by atoms with E-state index in [1.165, 1.54) is 0 Å². The van der Waals surface area contributed by atoms with Crippen LogP contribution in [-0.2, 0) is 6.42 Å². The SMILES string of the molecule is N#CCc1cc(Cl)ccc1C(=O)CCCl. The molecule has 0 spiro atoms. The number of rotatable bonds is 4. The summed E-state index contributed by atoms with van der Waals surface area (Å²) in [4.78, 5) is 11.6. The lowest BCUT2D eigenvalue weighted by Gasteiger charge is -2.05. The standard InChI is InChI=1S/C11H9Cl2NO/c12-5-3-11(15)10-2-1-9(13)7-8(10)4-6-14/h1-2,7H,3-5H2. The van der Waals surface area contributed by atoms with E-state index in [1.54, 1.807) is 18.2 Å². The van der Waals surface area contributed by atoms with Crippen LogP contribution in [-0.4, -0.2) is 11.7 Å². The van der Waals surface area contributed by atoms with Gasteiger partial charge in [0.05, 0.1) is 12.5 Å². The minimum absolute atomic E-state index is 0.0492. The molecule has 78 valence electrons. The van der Waals surface area contributed by atoms with E-state index in [4.69, 9.17) is 28.5 Å². The zero-order valence-corrected chi connectivity index (χ0v) is 9.48. The second kappa shape index (κ2) is 5.75. The fourth-order valence-corrected chi connectivity index (χ4v) is 1.65. The third kappa shape index (κ3) is 3.23. The Morgan fingerprint density at radius 1 is 1.47 bits per heavy atom. The smallest absolute Gasteiger partial charge is 0.164 e. The first-order valence-corrected chi connectivity index (χ1v) is 5.35. The zero-order valence-electron chi connectivity index (χ0n) is 7.96. The van der Waals surface area contributed by atoms with Crippen molar-refractivity contribution in [3.05, 3.63) is 34.3 Å². The molecule has 0 aliphatic heterocycles. The van der Waals surface area contributed by atoms with E-state index < -0.39 is 0 Å². The first-order chi connectivity index (χ1) is 7.19. The summed E-state index contributed by atoms with van der Waals surface area (Å²) in [7, 11) is 0. The van der Waals surface area contributed by atoms with Gasteiger partial charge >= 0.3 is 0 Å². The van der Waals surface area contributed by atoms with Gasteiger partial charge in [-0.15, -0.1) is 11.6 Å². The molecule has 1 rings (SSSR count). The highest BCUT2D eigenvalue weighted by Gasteiger charge is 2.10. The van der Waals surface area contributed by atoms with Gasteiger partial charge in [-0.2, -0.15) is 5.26 Å². The first kappa shape index (κ1) is 12.0. The summed E-state index contributed by atoms with van der Waals surface area (Å²) < 4.78 is 0. The highest BCUT2D eigenvalue weighted by Crippen LogP contribution is 2.18. The molecule has 0 radical (unpaired) electrons. The van der Waals surface area contributed by atoms with Gasteiger partial charge in [-0.25, -0.2) is 0 Å². The van der Waals surface area contributed by atoms with E-state index in [0.29, 0.717) is 16.1 Å². The van der Waals surface area contributed by atoms with Gasteiger partial charge in [-0.3, -0.25) is 4.79 Å². The van der Waals surface area contributed by atoms with Crippen LogP contribution in [0.15, 0.2) is 18.2 Å². The van der Waals surface area contributed by atoms with E-state index in [-0.39, 0.29) is 24.5 Å². The van der Waals surface area contributed by atoms with Crippen LogP contribution in [0.5, 0.6) is 0 Å². The van der Waals surface area contributed by atoms with Crippen LogP contribution in [0.2, 0.25) is 5.02 Å². The molecule has 4 heteroatoms. The zero-order chi connectivity index (χ0) is 11.3. The fraction of sp³-hybridized carbons (Fsp3) is 0.273. The number of benzene rings is 1. The molecule has 2 nitrogen and oxygen atoms in total. The highest BCUT2D eigenvalue weighted by atomic mass is 35.5. The van der Waals surface area contributed by atoms with Crippen molar-refractivity contribution >= 4 is 29.0 Å². The Labute approximate surface area is 98.4 Å². The summed E-state index contributed by atoms with van der Waals surface area (Å²) >= 11 is 11.3. The van der Waals surface area contributed by atoms with Crippen LogP contribution in [0.4, 0.5) is 0 Å². The quantitative estimate of drug-likeness (QED) is 0.600. The molecule has 0 aromatic heterocycles. The number of hydrogen-bond acceptors (Lipinski definition) is 2. The van der Waals surface area contributed by atoms with Crippen molar-refractivity contribution in [3.63, 3.8) is 0 Å². The summed E-state index contributed by atoms with van der Waals surface area (Å²) in [5.41, 5.74) is 1.21. The molecular weight excluding hydrogens is 233 g/mol. The van der Waals surface area contributed by atoms with Gasteiger partial charge in [0.25, 0.3) is 0 Å². The molecule has 0 unspecified atom stereocenters. The van der Waals surface area contributed by atoms with Crippen molar-refractivity contribution < 1.29 is 4.79 Å². The Bertz CT molecular complexity index is 410. The van der Waals surface area contributed by atoms with Gasteiger partial charge in [0.2, 0.25) is 0 Å². The average molecular weight is 242 g/mol. The summed E-state index contributed by atoms with van der Waals surface area (Å²) in [6, 6.07) is 6.94. The number of nitriles is 1. The molecule has 1 aromatic carbocycles. The number of alkyl halides is 1. The van der Waals surface area contributed by atoms with E-state index >= 15 is 0 Å². The lowest BCUT2D eigenvalue weighted by Crippen LogP contribution is -2.04. The van der Waals surface area contributed by atoms with Gasteiger partial charge in [0.1, 0.15) is 0 Å². The maximum absolute atomic E-state index is 11.6. The number of halogens is 2. The summed E-state index contributed by atoms with van der Waals surface area (Å²) in [5, 5.41) is 9.15. The molecule has 0 aliphatic carbocycles. The van der Waals surface area contributed by atoms with Gasteiger partial charge in [0, 0.05) is 22.9 Å². The largest absolute Gasteiger partial charge is 0.294 e. The maximum Gasteiger partial charge on any atom is 0.164 e. The number of Topliss-reactive ketones (excluding diaryl/α,β-unsaturated/α-hetero) is 1. The van der Waals surface area contributed by atoms with E-state index in [1.807, 2.05) is 6.07 Å².